The summed E-state index contributed by atoms with van der Waals surface area (Å²) in [6, 6.07) is 10.1. The fourth-order valence-electron chi connectivity index (χ4n) is 7.07. The van der Waals surface area contributed by atoms with Crippen LogP contribution in [0.2, 0.25) is 0 Å². The number of hydrogen-bond donors (Lipinski definition) is 3. The van der Waals surface area contributed by atoms with Crippen molar-refractivity contribution >= 4 is 23.2 Å². The minimum atomic E-state index is -0.636. The Morgan fingerprint density at radius 2 is 1.86 bits per heavy atom. The molecule has 2 aromatic rings. The van der Waals surface area contributed by atoms with Gasteiger partial charge in [0.05, 0.1) is 18.4 Å². The predicted molar refractivity (Wildman–Crippen MR) is 139 cm³/mol. The molecule has 2 fully saturated rings. The molecule has 1 aromatic heterocycles. The molecule has 2 heterocycles. The monoisotopic (exact) mass is 511 g/mol. The van der Waals surface area contributed by atoms with Gasteiger partial charge in [0.25, 0.3) is 0 Å². The number of thiazole rings is 1. The Hall–Kier alpha value is -2.29. The van der Waals surface area contributed by atoms with E-state index in [9.17, 15) is 19.8 Å². The summed E-state index contributed by atoms with van der Waals surface area (Å²) >= 11 is 1.67. The number of rotatable bonds is 5. The van der Waals surface area contributed by atoms with Crippen LogP contribution >= 0.6 is 11.3 Å². The molecule has 36 heavy (non-hydrogen) atoms. The highest BCUT2D eigenvalue weighted by Gasteiger charge is 2.59. The van der Waals surface area contributed by atoms with Gasteiger partial charge in [-0.3, -0.25) is 9.59 Å². The number of aromatic nitrogens is 1. The number of primary amides is 1. The second kappa shape index (κ2) is 9.54. The molecule has 194 valence electrons. The number of aliphatic hydroxyl groups is 2. The van der Waals surface area contributed by atoms with E-state index >= 15 is 0 Å². The third-order valence-corrected chi connectivity index (χ3v) is 10.7. The molecule has 1 saturated heterocycles. The number of hydrogen-bond acceptors (Lipinski definition) is 6. The molecular formula is C28H37N3O4S. The normalized spacial score (nSPS) is 32.6. The number of nitrogens with two attached hydrogens (primary N) is 1. The maximum absolute atomic E-state index is 13.6. The van der Waals surface area contributed by atoms with Crippen molar-refractivity contribution in [3.8, 4) is 10.6 Å². The lowest BCUT2D eigenvalue weighted by Gasteiger charge is -2.58. The standard InChI is InChI=1S/C28H37N3O4S/c1-27-11-8-22(33)28(2,16-32)21(27)15-20-24(30-26(36-20)18-6-4-3-5-7-18)19(27)14-23(34)31-12-9-17(10-13-31)25(29)35/h3-7,17,19,21-22,32-33H,8-16H2,1-2H3,(H2,29,35). The SMILES string of the molecule is CC1(CO)C(O)CCC2(C)C(CC(=O)N3CCC(C(N)=O)CC3)c3nc(-c4ccccc4)sc3CC12. The van der Waals surface area contributed by atoms with Crippen molar-refractivity contribution < 1.29 is 19.8 Å². The summed E-state index contributed by atoms with van der Waals surface area (Å²) in [5.74, 6) is -0.418. The first-order chi connectivity index (χ1) is 17.2. The smallest absolute Gasteiger partial charge is 0.223 e. The van der Waals surface area contributed by atoms with Gasteiger partial charge < -0.3 is 20.8 Å². The van der Waals surface area contributed by atoms with Gasteiger partial charge in [0.15, 0.2) is 0 Å². The topological polar surface area (TPSA) is 117 Å². The fourth-order valence-corrected chi connectivity index (χ4v) is 8.24. The van der Waals surface area contributed by atoms with Crippen LogP contribution in [0, 0.1) is 22.7 Å². The fraction of sp³-hybridized carbons (Fsp3) is 0.607. The summed E-state index contributed by atoms with van der Waals surface area (Å²) in [4.78, 5) is 33.4. The summed E-state index contributed by atoms with van der Waals surface area (Å²) in [5.41, 5.74) is 6.66. The van der Waals surface area contributed by atoms with Crippen molar-refractivity contribution in [3.05, 3.63) is 40.9 Å². The molecule has 0 spiro atoms. The van der Waals surface area contributed by atoms with Crippen LogP contribution in [0.15, 0.2) is 30.3 Å². The van der Waals surface area contributed by atoms with Crippen molar-refractivity contribution in [1.29, 1.82) is 0 Å². The van der Waals surface area contributed by atoms with Crippen LogP contribution in [0.1, 0.15) is 62.4 Å². The molecule has 2 aliphatic carbocycles. The third-order valence-electron chi connectivity index (χ3n) is 9.54. The molecule has 0 bridgehead atoms. The molecule has 1 aromatic carbocycles. The minimum Gasteiger partial charge on any atom is -0.396 e. The van der Waals surface area contributed by atoms with Crippen molar-refractivity contribution in [2.75, 3.05) is 19.7 Å². The summed E-state index contributed by atoms with van der Waals surface area (Å²) < 4.78 is 0. The largest absolute Gasteiger partial charge is 0.396 e. The van der Waals surface area contributed by atoms with Crippen molar-refractivity contribution in [2.45, 2.75) is 64.4 Å². The zero-order valence-corrected chi connectivity index (χ0v) is 22.0. The van der Waals surface area contributed by atoms with E-state index in [1.54, 1.807) is 11.3 Å². The van der Waals surface area contributed by atoms with Gasteiger partial charge in [-0.1, -0.05) is 44.2 Å². The number of carbonyl (C=O) groups is 2. The van der Waals surface area contributed by atoms with E-state index < -0.39 is 11.5 Å². The second-order valence-electron chi connectivity index (χ2n) is 11.5. The van der Waals surface area contributed by atoms with Gasteiger partial charge in [0.1, 0.15) is 5.01 Å². The maximum Gasteiger partial charge on any atom is 0.223 e. The van der Waals surface area contributed by atoms with E-state index in [4.69, 9.17) is 10.7 Å². The summed E-state index contributed by atoms with van der Waals surface area (Å²) in [6.45, 7) is 5.24. The van der Waals surface area contributed by atoms with Crippen molar-refractivity contribution in [2.24, 2.45) is 28.4 Å². The lowest BCUT2D eigenvalue weighted by molar-refractivity contribution is -0.148. The molecule has 5 rings (SSSR count). The Kier molecular flexibility index (Phi) is 6.72. The Morgan fingerprint density at radius 3 is 2.50 bits per heavy atom. The van der Waals surface area contributed by atoms with Gasteiger partial charge in [-0.05, 0) is 43.4 Å². The molecular weight excluding hydrogens is 474 g/mol. The van der Waals surface area contributed by atoms with Gasteiger partial charge in [0, 0.05) is 47.2 Å². The summed E-state index contributed by atoms with van der Waals surface area (Å²) in [5, 5.41) is 22.4. The van der Waals surface area contributed by atoms with E-state index in [0.717, 1.165) is 34.0 Å². The number of amides is 2. The number of nitrogens with zero attached hydrogens (tertiary/aromatic N) is 2. The predicted octanol–water partition coefficient (Wildman–Crippen LogP) is 3.34. The minimum absolute atomic E-state index is 0.0359. The maximum atomic E-state index is 13.6. The molecule has 1 aliphatic heterocycles. The quantitative estimate of drug-likeness (QED) is 0.569. The molecule has 8 heteroatoms. The lowest BCUT2D eigenvalue weighted by atomic mass is 9.47. The molecule has 0 radical (unpaired) electrons. The average molecular weight is 512 g/mol. The number of likely N-dealkylation sites (tertiary alicyclic amines) is 1. The van der Waals surface area contributed by atoms with Crippen LogP contribution in [0.3, 0.4) is 0 Å². The van der Waals surface area contributed by atoms with Gasteiger partial charge in [-0.2, -0.15) is 0 Å². The average Bonchev–Trinajstić information content (AvgIpc) is 3.32. The third kappa shape index (κ3) is 4.17. The summed E-state index contributed by atoms with van der Waals surface area (Å²) in [6.07, 6.45) is 3.13. The number of carbonyl (C=O) groups excluding carboxylic acids is 2. The first kappa shape index (κ1) is 25.4. The van der Waals surface area contributed by atoms with Crippen LogP contribution in [0.25, 0.3) is 10.6 Å². The highest BCUT2D eigenvalue weighted by atomic mass is 32.1. The molecule has 4 N–H and O–H groups in total. The van der Waals surface area contributed by atoms with Crippen LogP contribution < -0.4 is 5.73 Å². The lowest BCUT2D eigenvalue weighted by Crippen LogP contribution is -2.58. The van der Waals surface area contributed by atoms with Gasteiger partial charge in [-0.15, -0.1) is 11.3 Å². The van der Waals surface area contributed by atoms with E-state index in [-0.39, 0.29) is 41.6 Å². The Morgan fingerprint density at radius 1 is 1.17 bits per heavy atom. The molecule has 2 amide bonds. The summed E-state index contributed by atoms with van der Waals surface area (Å²) in [7, 11) is 0. The highest BCUT2D eigenvalue weighted by molar-refractivity contribution is 7.15. The highest BCUT2D eigenvalue weighted by Crippen LogP contribution is 2.63. The molecule has 3 aliphatic rings. The number of aliphatic hydroxyl groups excluding tert-OH is 2. The first-order valence-electron chi connectivity index (χ1n) is 13.1. The van der Waals surface area contributed by atoms with Crippen LogP contribution in [-0.2, 0) is 16.0 Å². The van der Waals surface area contributed by atoms with Crippen molar-refractivity contribution in [3.63, 3.8) is 0 Å². The first-order valence-corrected chi connectivity index (χ1v) is 13.9. The van der Waals surface area contributed by atoms with Crippen LogP contribution in [0.4, 0.5) is 0 Å². The number of fused-ring (bicyclic) bond motifs is 2. The van der Waals surface area contributed by atoms with Crippen LogP contribution in [0.5, 0.6) is 0 Å². The zero-order valence-electron chi connectivity index (χ0n) is 21.2. The van der Waals surface area contributed by atoms with Gasteiger partial charge in [-0.25, -0.2) is 4.98 Å². The molecule has 7 nitrogen and oxygen atoms in total. The van der Waals surface area contributed by atoms with Crippen molar-refractivity contribution in [1.82, 2.24) is 9.88 Å². The van der Waals surface area contributed by atoms with Gasteiger partial charge in [0.2, 0.25) is 11.8 Å². The Balaban J connectivity index is 1.50. The Bertz CT molecular complexity index is 1130. The molecule has 1 saturated carbocycles. The molecule has 5 unspecified atom stereocenters. The number of piperidine rings is 1. The second-order valence-corrected chi connectivity index (χ2v) is 12.6. The molecule has 5 atom stereocenters. The van der Waals surface area contributed by atoms with Gasteiger partial charge >= 0.3 is 0 Å². The zero-order chi connectivity index (χ0) is 25.7. The van der Waals surface area contributed by atoms with E-state index in [2.05, 4.69) is 19.1 Å². The van der Waals surface area contributed by atoms with Crippen LogP contribution in [-0.4, -0.2) is 57.7 Å². The number of benzene rings is 1. The van der Waals surface area contributed by atoms with E-state index in [0.29, 0.717) is 38.8 Å². The Labute approximate surface area is 216 Å². The van der Waals surface area contributed by atoms with E-state index in [1.165, 1.54) is 0 Å². The van der Waals surface area contributed by atoms with E-state index in [1.807, 2.05) is 30.0 Å².